The number of rotatable bonds is 3. The van der Waals surface area contributed by atoms with Gasteiger partial charge in [0.25, 0.3) is 0 Å². The summed E-state index contributed by atoms with van der Waals surface area (Å²) >= 11 is 0. The first-order valence-corrected chi connectivity index (χ1v) is 5.72. The van der Waals surface area contributed by atoms with Crippen molar-refractivity contribution in [3.05, 3.63) is 30.3 Å². The van der Waals surface area contributed by atoms with Crippen LogP contribution in [0.25, 0.3) is 0 Å². The monoisotopic (exact) mass is 221 g/mol. The van der Waals surface area contributed by atoms with Crippen molar-refractivity contribution in [2.24, 2.45) is 5.16 Å². The summed E-state index contributed by atoms with van der Waals surface area (Å²) in [5, 5.41) is 3.87. The normalized spacial score (nSPS) is 17.9. The summed E-state index contributed by atoms with van der Waals surface area (Å²) in [6.07, 6.45) is 0.947. The van der Waals surface area contributed by atoms with Gasteiger partial charge in [0.2, 0.25) is 0 Å². The number of oxime groups is 1. The Morgan fingerprint density at radius 3 is 2.56 bits per heavy atom. The second-order valence-corrected chi connectivity index (χ2v) is 3.38. The van der Waals surface area contributed by atoms with E-state index < -0.39 is 0 Å². The Kier molecular flexibility index (Phi) is 5.40. The van der Waals surface area contributed by atoms with Crippen LogP contribution in [0.2, 0.25) is 0 Å². The Labute approximate surface area is 97.1 Å². The summed E-state index contributed by atoms with van der Waals surface area (Å²) in [6, 6.07) is 9.73. The SMILES string of the molecule is CC.CC1=NOC(COc2ccccc2)C1. The third-order valence-electron chi connectivity index (χ3n) is 2.06. The van der Waals surface area contributed by atoms with Crippen LogP contribution in [0.4, 0.5) is 0 Å². The molecule has 0 bridgehead atoms. The van der Waals surface area contributed by atoms with E-state index in [1.165, 1.54) is 0 Å². The van der Waals surface area contributed by atoms with Crippen molar-refractivity contribution >= 4 is 5.71 Å². The first-order chi connectivity index (χ1) is 7.84. The first-order valence-electron chi connectivity index (χ1n) is 5.72. The number of benzene rings is 1. The minimum atomic E-state index is 0.0789. The topological polar surface area (TPSA) is 30.8 Å². The molecule has 1 aliphatic rings. The van der Waals surface area contributed by atoms with E-state index in [0.29, 0.717) is 6.61 Å². The van der Waals surface area contributed by atoms with Crippen molar-refractivity contribution in [1.82, 2.24) is 0 Å². The average molecular weight is 221 g/mol. The van der Waals surface area contributed by atoms with Crippen molar-refractivity contribution in [1.29, 1.82) is 0 Å². The van der Waals surface area contributed by atoms with E-state index >= 15 is 0 Å². The van der Waals surface area contributed by atoms with Gasteiger partial charge in [-0.1, -0.05) is 37.2 Å². The van der Waals surface area contributed by atoms with E-state index in [1.54, 1.807) is 0 Å². The van der Waals surface area contributed by atoms with Crippen molar-refractivity contribution in [2.75, 3.05) is 6.61 Å². The zero-order valence-electron chi connectivity index (χ0n) is 10.1. The molecule has 0 fully saturated rings. The molecule has 1 unspecified atom stereocenters. The fourth-order valence-electron chi connectivity index (χ4n) is 1.36. The van der Waals surface area contributed by atoms with Gasteiger partial charge in [-0.15, -0.1) is 0 Å². The molecule has 1 aromatic rings. The summed E-state index contributed by atoms with van der Waals surface area (Å²) in [4.78, 5) is 5.15. The van der Waals surface area contributed by atoms with E-state index in [-0.39, 0.29) is 6.10 Å². The Balaban J connectivity index is 0.000000606. The molecule has 0 aromatic heterocycles. The lowest BCUT2D eigenvalue weighted by atomic mass is 10.2. The van der Waals surface area contributed by atoms with Gasteiger partial charge in [-0.25, -0.2) is 0 Å². The third kappa shape index (κ3) is 3.93. The number of nitrogens with zero attached hydrogens (tertiary/aromatic N) is 1. The molecule has 3 heteroatoms. The Bertz CT molecular complexity index is 322. The van der Waals surface area contributed by atoms with Crippen molar-refractivity contribution in [2.45, 2.75) is 33.3 Å². The molecule has 0 N–H and O–H groups in total. The zero-order chi connectivity index (χ0) is 11.8. The van der Waals surface area contributed by atoms with Crippen LogP contribution in [-0.2, 0) is 4.84 Å². The molecule has 0 saturated heterocycles. The van der Waals surface area contributed by atoms with E-state index in [2.05, 4.69) is 5.16 Å². The van der Waals surface area contributed by atoms with Crippen molar-refractivity contribution in [3.8, 4) is 5.75 Å². The molecule has 1 aromatic carbocycles. The summed E-state index contributed by atoms with van der Waals surface area (Å²) in [6.45, 7) is 6.52. The molecular formula is C13H19NO2. The molecule has 0 saturated carbocycles. The fraction of sp³-hybridized carbons (Fsp3) is 0.462. The van der Waals surface area contributed by atoms with E-state index in [9.17, 15) is 0 Å². The predicted octanol–water partition coefficient (Wildman–Crippen LogP) is 3.26. The third-order valence-corrected chi connectivity index (χ3v) is 2.06. The molecule has 0 aliphatic carbocycles. The maximum absolute atomic E-state index is 5.54. The fourth-order valence-corrected chi connectivity index (χ4v) is 1.36. The van der Waals surface area contributed by atoms with Crippen LogP contribution in [0.1, 0.15) is 27.2 Å². The number of hydrogen-bond donors (Lipinski definition) is 0. The minimum absolute atomic E-state index is 0.0789. The Hall–Kier alpha value is -1.51. The van der Waals surface area contributed by atoms with Gasteiger partial charge in [0, 0.05) is 6.42 Å². The van der Waals surface area contributed by atoms with Crippen LogP contribution in [0, 0.1) is 0 Å². The lowest BCUT2D eigenvalue weighted by Crippen LogP contribution is -2.17. The highest BCUT2D eigenvalue weighted by Crippen LogP contribution is 2.13. The first kappa shape index (κ1) is 12.6. The second kappa shape index (κ2) is 6.88. The zero-order valence-corrected chi connectivity index (χ0v) is 10.1. The highest BCUT2D eigenvalue weighted by molar-refractivity contribution is 5.82. The molecule has 1 atom stereocenters. The highest BCUT2D eigenvalue weighted by Gasteiger charge is 2.18. The van der Waals surface area contributed by atoms with Crippen LogP contribution >= 0.6 is 0 Å². The molecule has 2 rings (SSSR count). The van der Waals surface area contributed by atoms with E-state index in [4.69, 9.17) is 9.57 Å². The van der Waals surface area contributed by atoms with E-state index in [0.717, 1.165) is 17.9 Å². The van der Waals surface area contributed by atoms with Crippen LogP contribution in [-0.4, -0.2) is 18.4 Å². The largest absolute Gasteiger partial charge is 0.490 e. The Morgan fingerprint density at radius 2 is 2.00 bits per heavy atom. The molecular weight excluding hydrogens is 202 g/mol. The number of ether oxygens (including phenoxy) is 1. The summed E-state index contributed by atoms with van der Waals surface area (Å²) in [5.41, 5.74) is 1.03. The maximum atomic E-state index is 5.54. The molecule has 1 heterocycles. The molecule has 1 aliphatic heterocycles. The van der Waals surface area contributed by atoms with Crippen molar-refractivity contribution in [3.63, 3.8) is 0 Å². The molecule has 0 amide bonds. The van der Waals surface area contributed by atoms with Crippen LogP contribution in [0.3, 0.4) is 0 Å². The summed E-state index contributed by atoms with van der Waals surface area (Å²) < 4.78 is 5.54. The number of hydrogen-bond acceptors (Lipinski definition) is 3. The quantitative estimate of drug-likeness (QED) is 0.784. The Morgan fingerprint density at radius 1 is 1.31 bits per heavy atom. The molecule has 0 radical (unpaired) electrons. The molecule has 16 heavy (non-hydrogen) atoms. The van der Waals surface area contributed by atoms with Crippen LogP contribution < -0.4 is 4.74 Å². The second-order valence-electron chi connectivity index (χ2n) is 3.38. The van der Waals surface area contributed by atoms with Gasteiger partial charge in [0.15, 0.2) is 6.10 Å². The minimum Gasteiger partial charge on any atom is -0.490 e. The smallest absolute Gasteiger partial charge is 0.166 e. The summed E-state index contributed by atoms with van der Waals surface area (Å²) in [5.74, 6) is 0.876. The standard InChI is InChI=1S/C11H13NO2.C2H6/c1-9-7-11(14-12-9)8-13-10-5-3-2-4-6-10;1-2/h2-6,11H,7-8H2,1H3;1-2H3. The summed E-state index contributed by atoms with van der Waals surface area (Å²) in [7, 11) is 0. The van der Waals surface area contributed by atoms with Gasteiger partial charge in [0.05, 0.1) is 5.71 Å². The van der Waals surface area contributed by atoms with Gasteiger partial charge in [0.1, 0.15) is 12.4 Å². The van der Waals surface area contributed by atoms with Crippen LogP contribution in [0.5, 0.6) is 5.75 Å². The maximum Gasteiger partial charge on any atom is 0.166 e. The highest BCUT2D eigenvalue weighted by atomic mass is 16.7. The van der Waals surface area contributed by atoms with Gasteiger partial charge in [-0.3, -0.25) is 0 Å². The van der Waals surface area contributed by atoms with E-state index in [1.807, 2.05) is 51.1 Å². The van der Waals surface area contributed by atoms with Gasteiger partial charge in [-0.05, 0) is 19.1 Å². The van der Waals surface area contributed by atoms with Gasteiger partial charge in [-0.2, -0.15) is 0 Å². The molecule has 3 nitrogen and oxygen atoms in total. The van der Waals surface area contributed by atoms with Gasteiger partial charge < -0.3 is 9.57 Å². The van der Waals surface area contributed by atoms with Gasteiger partial charge >= 0.3 is 0 Å². The van der Waals surface area contributed by atoms with Crippen LogP contribution in [0.15, 0.2) is 35.5 Å². The van der Waals surface area contributed by atoms with Crippen molar-refractivity contribution < 1.29 is 9.57 Å². The predicted molar refractivity (Wildman–Crippen MR) is 65.9 cm³/mol. The lowest BCUT2D eigenvalue weighted by Gasteiger charge is -2.09. The molecule has 88 valence electrons. The number of para-hydroxylation sites is 1. The lowest BCUT2D eigenvalue weighted by molar-refractivity contribution is 0.0471. The molecule has 0 spiro atoms. The average Bonchev–Trinajstić information content (AvgIpc) is 2.77.